The van der Waals surface area contributed by atoms with Crippen LogP contribution in [0.5, 0.6) is 0 Å². The summed E-state index contributed by atoms with van der Waals surface area (Å²) >= 11 is 0. The van der Waals surface area contributed by atoms with Crippen LogP contribution >= 0.6 is 0 Å². The molecule has 0 aliphatic carbocycles. The van der Waals surface area contributed by atoms with Gasteiger partial charge < -0.3 is 4.74 Å². The molecule has 1 rings (SSSR count). The molecule has 1 amide bonds. The quantitative estimate of drug-likeness (QED) is 0.572. The highest BCUT2D eigenvalue weighted by molar-refractivity contribution is 5.73. The zero-order valence-corrected chi connectivity index (χ0v) is 6.78. The van der Waals surface area contributed by atoms with Crippen molar-refractivity contribution in [1.82, 2.24) is 5.01 Å². The van der Waals surface area contributed by atoms with Gasteiger partial charge in [-0.25, -0.2) is 4.79 Å². The highest BCUT2D eigenvalue weighted by atomic mass is 16.6. The van der Waals surface area contributed by atoms with E-state index in [0.717, 1.165) is 6.42 Å². The maximum absolute atomic E-state index is 11.0. The van der Waals surface area contributed by atoms with Crippen molar-refractivity contribution in [2.75, 3.05) is 6.61 Å². The molecule has 4 nitrogen and oxygen atoms in total. The third-order valence-corrected chi connectivity index (χ3v) is 1.52. The van der Waals surface area contributed by atoms with E-state index in [0.29, 0.717) is 6.61 Å². The lowest BCUT2D eigenvalue weighted by Gasteiger charge is -2.16. The van der Waals surface area contributed by atoms with Gasteiger partial charge in [0.1, 0.15) is 0 Å². The standard InChI is InChI=1S/C7H12N2O2/c1-3-11-7(10)9-6(2)4-5-8-9/h5-6H,3-4H2,1-2H3. The van der Waals surface area contributed by atoms with Gasteiger partial charge in [0.15, 0.2) is 0 Å². The average Bonchev–Trinajstić information content (AvgIpc) is 2.36. The summed E-state index contributed by atoms with van der Waals surface area (Å²) in [5, 5.41) is 5.23. The van der Waals surface area contributed by atoms with Crippen molar-refractivity contribution < 1.29 is 9.53 Å². The van der Waals surface area contributed by atoms with Gasteiger partial charge in [-0.2, -0.15) is 10.1 Å². The molecule has 0 aromatic heterocycles. The van der Waals surface area contributed by atoms with Gasteiger partial charge in [0, 0.05) is 12.6 Å². The zero-order chi connectivity index (χ0) is 8.27. The molecule has 1 aliphatic rings. The van der Waals surface area contributed by atoms with Gasteiger partial charge in [-0.1, -0.05) is 0 Å². The number of ether oxygens (including phenoxy) is 1. The minimum absolute atomic E-state index is 0.147. The topological polar surface area (TPSA) is 41.9 Å². The molecule has 1 aliphatic heterocycles. The van der Waals surface area contributed by atoms with Gasteiger partial charge in [0.05, 0.1) is 12.6 Å². The molecule has 0 saturated heterocycles. The molecular formula is C7H12N2O2. The molecule has 1 unspecified atom stereocenters. The first-order valence-electron chi connectivity index (χ1n) is 3.74. The molecule has 0 aromatic rings. The van der Waals surface area contributed by atoms with E-state index in [1.165, 1.54) is 5.01 Å². The number of rotatable bonds is 1. The summed E-state index contributed by atoms with van der Waals surface area (Å²) in [5.41, 5.74) is 0. The van der Waals surface area contributed by atoms with Gasteiger partial charge >= 0.3 is 6.09 Å². The number of carbonyl (C=O) groups is 1. The Bertz CT molecular complexity index is 179. The molecule has 4 heteroatoms. The monoisotopic (exact) mass is 156 g/mol. The second-order valence-electron chi connectivity index (χ2n) is 2.43. The third-order valence-electron chi connectivity index (χ3n) is 1.52. The van der Waals surface area contributed by atoms with E-state index >= 15 is 0 Å². The first-order chi connectivity index (χ1) is 5.25. The van der Waals surface area contributed by atoms with Crippen molar-refractivity contribution in [3.63, 3.8) is 0 Å². The van der Waals surface area contributed by atoms with Crippen molar-refractivity contribution in [3.05, 3.63) is 0 Å². The Balaban J connectivity index is 2.46. The number of hydrazone groups is 1. The first-order valence-corrected chi connectivity index (χ1v) is 3.74. The fraction of sp³-hybridized carbons (Fsp3) is 0.714. The summed E-state index contributed by atoms with van der Waals surface area (Å²) in [4.78, 5) is 11.0. The minimum atomic E-state index is -0.353. The summed E-state index contributed by atoms with van der Waals surface area (Å²) in [6.07, 6.45) is 2.19. The largest absolute Gasteiger partial charge is 0.448 e. The number of hydrogen-bond donors (Lipinski definition) is 0. The van der Waals surface area contributed by atoms with Crippen molar-refractivity contribution in [2.45, 2.75) is 26.3 Å². The molecule has 0 aromatic carbocycles. The summed E-state index contributed by atoms with van der Waals surface area (Å²) in [6, 6.07) is 0.147. The first kappa shape index (κ1) is 8.04. The van der Waals surface area contributed by atoms with E-state index in [9.17, 15) is 4.79 Å². The number of hydrogen-bond acceptors (Lipinski definition) is 3. The van der Waals surface area contributed by atoms with Crippen LogP contribution in [0.1, 0.15) is 20.3 Å². The van der Waals surface area contributed by atoms with Crippen LogP contribution in [0.15, 0.2) is 5.10 Å². The van der Waals surface area contributed by atoms with Crippen LogP contribution < -0.4 is 0 Å². The Morgan fingerprint density at radius 3 is 3.09 bits per heavy atom. The van der Waals surface area contributed by atoms with Gasteiger partial charge in [0.25, 0.3) is 0 Å². The number of amides is 1. The molecule has 0 spiro atoms. The SMILES string of the molecule is CCOC(=O)N1N=CCC1C. The maximum Gasteiger partial charge on any atom is 0.430 e. The van der Waals surface area contributed by atoms with Crippen LogP contribution in [0.3, 0.4) is 0 Å². The summed E-state index contributed by atoms with van der Waals surface area (Å²) in [7, 11) is 0. The Kier molecular flexibility index (Phi) is 2.46. The van der Waals surface area contributed by atoms with Crippen LogP contribution in [0.4, 0.5) is 4.79 Å². The predicted octanol–water partition coefficient (Wildman–Crippen LogP) is 1.22. The number of nitrogens with zero attached hydrogens (tertiary/aromatic N) is 2. The molecule has 0 bridgehead atoms. The number of carbonyl (C=O) groups excluding carboxylic acids is 1. The summed E-state index contributed by atoms with van der Waals surface area (Å²) in [5.74, 6) is 0. The van der Waals surface area contributed by atoms with E-state index < -0.39 is 0 Å². The van der Waals surface area contributed by atoms with E-state index in [1.54, 1.807) is 13.1 Å². The van der Waals surface area contributed by atoms with Crippen LogP contribution in [0.2, 0.25) is 0 Å². The molecule has 0 radical (unpaired) electrons. The maximum atomic E-state index is 11.0. The van der Waals surface area contributed by atoms with E-state index in [-0.39, 0.29) is 12.1 Å². The van der Waals surface area contributed by atoms with Crippen LogP contribution in [-0.2, 0) is 4.74 Å². The molecular weight excluding hydrogens is 144 g/mol. The Labute approximate surface area is 65.8 Å². The highest BCUT2D eigenvalue weighted by Gasteiger charge is 2.23. The van der Waals surface area contributed by atoms with Gasteiger partial charge in [-0.15, -0.1) is 0 Å². The summed E-state index contributed by atoms with van der Waals surface area (Å²) < 4.78 is 4.77. The fourth-order valence-corrected chi connectivity index (χ4v) is 0.918. The average molecular weight is 156 g/mol. The van der Waals surface area contributed by atoms with E-state index in [2.05, 4.69) is 5.10 Å². The van der Waals surface area contributed by atoms with Crippen molar-refractivity contribution >= 4 is 12.3 Å². The molecule has 0 fully saturated rings. The zero-order valence-electron chi connectivity index (χ0n) is 6.78. The normalized spacial score (nSPS) is 22.4. The Hall–Kier alpha value is -1.06. The minimum Gasteiger partial charge on any atom is -0.448 e. The molecule has 0 N–H and O–H groups in total. The van der Waals surface area contributed by atoms with Crippen molar-refractivity contribution in [2.24, 2.45) is 5.10 Å². The second kappa shape index (κ2) is 3.37. The molecule has 1 atom stereocenters. The molecule has 62 valence electrons. The van der Waals surface area contributed by atoms with Crippen LogP contribution in [0, 0.1) is 0 Å². The van der Waals surface area contributed by atoms with Gasteiger partial charge in [0.2, 0.25) is 0 Å². The molecule has 0 saturated carbocycles. The summed E-state index contributed by atoms with van der Waals surface area (Å²) in [6.45, 7) is 4.11. The second-order valence-corrected chi connectivity index (χ2v) is 2.43. The van der Waals surface area contributed by atoms with E-state index in [4.69, 9.17) is 4.74 Å². The Morgan fingerprint density at radius 1 is 1.91 bits per heavy atom. The van der Waals surface area contributed by atoms with Crippen molar-refractivity contribution in [3.8, 4) is 0 Å². The molecule has 11 heavy (non-hydrogen) atoms. The fourth-order valence-electron chi connectivity index (χ4n) is 0.918. The van der Waals surface area contributed by atoms with Crippen LogP contribution in [-0.4, -0.2) is 30.0 Å². The molecule has 1 heterocycles. The Morgan fingerprint density at radius 2 is 2.64 bits per heavy atom. The lowest BCUT2D eigenvalue weighted by atomic mass is 10.3. The predicted molar refractivity (Wildman–Crippen MR) is 41.4 cm³/mol. The van der Waals surface area contributed by atoms with E-state index in [1.807, 2.05) is 6.92 Å². The van der Waals surface area contributed by atoms with Gasteiger partial charge in [-0.3, -0.25) is 0 Å². The van der Waals surface area contributed by atoms with Crippen LogP contribution in [0.25, 0.3) is 0 Å². The smallest absolute Gasteiger partial charge is 0.430 e. The lowest BCUT2D eigenvalue weighted by Crippen LogP contribution is -2.30. The van der Waals surface area contributed by atoms with Gasteiger partial charge in [-0.05, 0) is 13.8 Å². The third kappa shape index (κ3) is 1.69. The highest BCUT2D eigenvalue weighted by Crippen LogP contribution is 2.10. The lowest BCUT2D eigenvalue weighted by molar-refractivity contribution is 0.100. The van der Waals surface area contributed by atoms with Crippen molar-refractivity contribution in [1.29, 1.82) is 0 Å².